The van der Waals surface area contributed by atoms with Crippen LogP contribution in [0.15, 0.2) is 59.0 Å². The van der Waals surface area contributed by atoms with Gasteiger partial charge in [0, 0.05) is 29.3 Å². The van der Waals surface area contributed by atoms with Crippen molar-refractivity contribution >= 4 is 60.7 Å². The topological polar surface area (TPSA) is 75.4 Å². The standard InChI is InChI=1S/C25H19N3O3S2/c1-14(29)28-11-10-16-21(13-28)33-25(22(16)24-26-17-7-3-5-9-20(17)32-24)27-23(30)19-12-15-6-2-4-8-18(15)31-19/h2-9,12H,10-11,13H2,1H3,(H,27,30). The van der Waals surface area contributed by atoms with E-state index in [1.807, 2.05) is 47.4 Å². The molecule has 0 bridgehead atoms. The molecule has 0 fully saturated rings. The van der Waals surface area contributed by atoms with Crippen molar-refractivity contribution in [3.05, 3.63) is 70.8 Å². The molecule has 0 atom stereocenters. The third-order valence-electron chi connectivity index (χ3n) is 5.89. The molecule has 6 nitrogen and oxygen atoms in total. The van der Waals surface area contributed by atoms with E-state index in [2.05, 4.69) is 11.4 Å². The zero-order valence-electron chi connectivity index (χ0n) is 17.8. The predicted octanol–water partition coefficient (Wildman–Crippen LogP) is 5.93. The van der Waals surface area contributed by atoms with E-state index in [-0.39, 0.29) is 17.6 Å². The fourth-order valence-corrected chi connectivity index (χ4v) is 6.59. The van der Waals surface area contributed by atoms with E-state index in [1.165, 1.54) is 11.3 Å². The molecule has 1 aliphatic heterocycles. The number of carbonyl (C=O) groups is 2. The average Bonchev–Trinajstić information content (AvgIpc) is 3.52. The largest absolute Gasteiger partial charge is 0.451 e. The van der Waals surface area contributed by atoms with Gasteiger partial charge in [0.15, 0.2) is 5.76 Å². The first-order valence-electron chi connectivity index (χ1n) is 10.6. The summed E-state index contributed by atoms with van der Waals surface area (Å²) in [6, 6.07) is 17.4. The van der Waals surface area contributed by atoms with Crippen LogP contribution in [-0.4, -0.2) is 28.2 Å². The van der Waals surface area contributed by atoms with Crippen LogP contribution in [-0.2, 0) is 17.8 Å². The van der Waals surface area contributed by atoms with Gasteiger partial charge in [-0.15, -0.1) is 22.7 Å². The first kappa shape index (κ1) is 20.1. The lowest BCUT2D eigenvalue weighted by Crippen LogP contribution is -2.33. The van der Waals surface area contributed by atoms with Gasteiger partial charge in [0.2, 0.25) is 5.91 Å². The smallest absolute Gasteiger partial charge is 0.292 e. The molecule has 1 aliphatic rings. The van der Waals surface area contributed by atoms with Crippen molar-refractivity contribution in [3.8, 4) is 10.6 Å². The van der Waals surface area contributed by atoms with Crippen molar-refractivity contribution < 1.29 is 14.0 Å². The predicted molar refractivity (Wildman–Crippen MR) is 132 cm³/mol. The summed E-state index contributed by atoms with van der Waals surface area (Å²) >= 11 is 3.13. The number of para-hydroxylation sites is 2. The molecule has 0 aliphatic carbocycles. The summed E-state index contributed by atoms with van der Waals surface area (Å²) in [5, 5.41) is 5.59. The molecule has 5 aromatic rings. The maximum absolute atomic E-state index is 13.1. The van der Waals surface area contributed by atoms with E-state index in [1.54, 1.807) is 24.3 Å². The molecule has 8 heteroatoms. The van der Waals surface area contributed by atoms with Crippen molar-refractivity contribution in [2.75, 3.05) is 11.9 Å². The van der Waals surface area contributed by atoms with Crippen LogP contribution >= 0.6 is 22.7 Å². The third kappa shape index (κ3) is 3.51. The van der Waals surface area contributed by atoms with Crippen LogP contribution < -0.4 is 5.32 Å². The number of rotatable bonds is 3. The monoisotopic (exact) mass is 473 g/mol. The summed E-state index contributed by atoms with van der Waals surface area (Å²) in [7, 11) is 0. The number of thiophene rings is 1. The molecule has 0 saturated heterocycles. The lowest BCUT2D eigenvalue weighted by atomic mass is 10.0. The van der Waals surface area contributed by atoms with Crippen molar-refractivity contribution in [1.82, 2.24) is 9.88 Å². The average molecular weight is 474 g/mol. The number of amides is 2. The number of nitrogens with zero attached hydrogens (tertiary/aromatic N) is 2. The van der Waals surface area contributed by atoms with Gasteiger partial charge in [0.05, 0.1) is 16.8 Å². The summed E-state index contributed by atoms with van der Waals surface area (Å²) in [6.07, 6.45) is 0.733. The molecule has 6 rings (SSSR count). The van der Waals surface area contributed by atoms with E-state index < -0.39 is 0 Å². The Balaban J connectivity index is 1.43. The molecule has 0 unspecified atom stereocenters. The maximum Gasteiger partial charge on any atom is 0.292 e. The molecule has 0 radical (unpaired) electrons. The van der Waals surface area contributed by atoms with E-state index in [4.69, 9.17) is 9.40 Å². The molecule has 2 aromatic carbocycles. The summed E-state index contributed by atoms with van der Waals surface area (Å²) < 4.78 is 6.87. The number of aromatic nitrogens is 1. The highest BCUT2D eigenvalue weighted by Crippen LogP contribution is 2.45. The number of hydrogen-bond acceptors (Lipinski definition) is 6. The van der Waals surface area contributed by atoms with Crippen LogP contribution in [0, 0.1) is 0 Å². The highest BCUT2D eigenvalue weighted by Gasteiger charge is 2.29. The Morgan fingerprint density at radius 2 is 1.91 bits per heavy atom. The molecular formula is C25H19N3O3S2. The Hall–Kier alpha value is -3.49. The van der Waals surface area contributed by atoms with Gasteiger partial charge in [-0.3, -0.25) is 9.59 Å². The highest BCUT2D eigenvalue weighted by atomic mass is 32.1. The fourth-order valence-electron chi connectivity index (χ4n) is 4.22. The van der Waals surface area contributed by atoms with Crippen LogP contribution in [0.3, 0.4) is 0 Å². The van der Waals surface area contributed by atoms with Crippen LogP contribution in [0.25, 0.3) is 31.8 Å². The normalized spacial score (nSPS) is 13.4. The summed E-state index contributed by atoms with van der Waals surface area (Å²) in [5.74, 6) is 0.0298. The van der Waals surface area contributed by atoms with E-state index in [0.29, 0.717) is 18.7 Å². The Morgan fingerprint density at radius 1 is 1.09 bits per heavy atom. The van der Waals surface area contributed by atoms with E-state index in [0.717, 1.165) is 48.0 Å². The SMILES string of the molecule is CC(=O)N1CCc2c(sc(NC(=O)c3cc4ccccc4o3)c2-c2nc3ccccc3s2)C1. The highest BCUT2D eigenvalue weighted by molar-refractivity contribution is 7.23. The molecule has 164 valence electrons. The van der Waals surface area contributed by atoms with E-state index >= 15 is 0 Å². The number of thiazole rings is 1. The number of furan rings is 1. The van der Waals surface area contributed by atoms with Crippen LogP contribution in [0.5, 0.6) is 0 Å². The first-order valence-corrected chi connectivity index (χ1v) is 12.3. The number of fused-ring (bicyclic) bond motifs is 3. The second kappa shape index (κ2) is 7.83. The van der Waals surface area contributed by atoms with Gasteiger partial charge in [-0.05, 0) is 36.2 Å². The Morgan fingerprint density at radius 3 is 2.73 bits per heavy atom. The van der Waals surface area contributed by atoms with Gasteiger partial charge in [-0.2, -0.15) is 0 Å². The molecule has 0 spiro atoms. The van der Waals surface area contributed by atoms with Crippen molar-refractivity contribution in [2.24, 2.45) is 0 Å². The van der Waals surface area contributed by atoms with Gasteiger partial charge in [-0.1, -0.05) is 30.3 Å². The summed E-state index contributed by atoms with van der Waals surface area (Å²) in [4.78, 5) is 32.9. The number of hydrogen-bond donors (Lipinski definition) is 1. The Labute approximate surface area is 197 Å². The first-order chi connectivity index (χ1) is 16.1. The molecular weight excluding hydrogens is 454 g/mol. The number of nitrogens with one attached hydrogen (secondary N) is 1. The molecule has 2 amide bonds. The molecule has 0 saturated carbocycles. The Bertz CT molecular complexity index is 1480. The molecule has 1 N–H and O–H groups in total. The third-order valence-corrected chi connectivity index (χ3v) is 8.07. The number of anilines is 1. The van der Waals surface area contributed by atoms with Gasteiger partial charge in [0.1, 0.15) is 15.6 Å². The molecule has 33 heavy (non-hydrogen) atoms. The van der Waals surface area contributed by atoms with Crippen LogP contribution in [0.1, 0.15) is 27.9 Å². The fraction of sp³-hybridized carbons (Fsp3) is 0.160. The zero-order chi connectivity index (χ0) is 22.5. The molecule has 4 heterocycles. The summed E-state index contributed by atoms with van der Waals surface area (Å²) in [5.41, 5.74) is 3.74. The zero-order valence-corrected chi connectivity index (χ0v) is 19.4. The summed E-state index contributed by atoms with van der Waals surface area (Å²) in [6.45, 7) is 2.80. The second-order valence-electron chi connectivity index (χ2n) is 7.99. The van der Waals surface area contributed by atoms with Crippen molar-refractivity contribution in [1.29, 1.82) is 0 Å². The molecule has 3 aromatic heterocycles. The minimum Gasteiger partial charge on any atom is -0.451 e. The lowest BCUT2D eigenvalue weighted by molar-refractivity contribution is -0.129. The maximum atomic E-state index is 13.1. The minimum absolute atomic E-state index is 0.0587. The quantitative estimate of drug-likeness (QED) is 0.352. The van der Waals surface area contributed by atoms with Gasteiger partial charge >= 0.3 is 0 Å². The Kier molecular flexibility index (Phi) is 4.78. The van der Waals surface area contributed by atoms with Crippen LogP contribution in [0.2, 0.25) is 0 Å². The number of carbonyl (C=O) groups excluding carboxylic acids is 2. The number of benzene rings is 2. The van der Waals surface area contributed by atoms with Crippen molar-refractivity contribution in [3.63, 3.8) is 0 Å². The van der Waals surface area contributed by atoms with Gasteiger partial charge in [0.25, 0.3) is 5.91 Å². The van der Waals surface area contributed by atoms with Gasteiger partial charge < -0.3 is 14.6 Å². The van der Waals surface area contributed by atoms with Crippen LogP contribution in [0.4, 0.5) is 5.00 Å². The lowest BCUT2D eigenvalue weighted by Gasteiger charge is -2.25. The minimum atomic E-state index is -0.296. The van der Waals surface area contributed by atoms with Crippen molar-refractivity contribution in [2.45, 2.75) is 19.9 Å². The second-order valence-corrected chi connectivity index (χ2v) is 10.1. The van der Waals surface area contributed by atoms with Gasteiger partial charge in [-0.25, -0.2) is 4.98 Å². The van der Waals surface area contributed by atoms with E-state index in [9.17, 15) is 9.59 Å².